The average Bonchev–Trinajstić information content (AvgIpc) is 1.95. The lowest BCUT2D eigenvalue weighted by Gasteiger charge is -2.01. The molecular formula is C8H8BrCl. The van der Waals surface area contributed by atoms with Gasteiger partial charge in [0.25, 0.3) is 0 Å². The molecule has 1 aromatic carbocycles. The standard InChI is InChI=1S/C8H8BrCl/c1-6-3-2-4-7(5-10)8(6)9/h2-4H,5H2,1H3. The average molecular weight is 220 g/mol. The van der Waals surface area contributed by atoms with Crippen LogP contribution in [0.1, 0.15) is 11.1 Å². The Kier molecular flexibility index (Phi) is 2.75. The summed E-state index contributed by atoms with van der Waals surface area (Å²) >= 11 is 9.13. The van der Waals surface area contributed by atoms with Crippen LogP contribution in [0.2, 0.25) is 0 Å². The summed E-state index contributed by atoms with van der Waals surface area (Å²) in [6.45, 7) is 2.06. The van der Waals surface area contributed by atoms with E-state index in [1.54, 1.807) is 0 Å². The van der Waals surface area contributed by atoms with Crippen LogP contribution in [0.15, 0.2) is 22.7 Å². The maximum atomic E-state index is 5.67. The van der Waals surface area contributed by atoms with E-state index in [9.17, 15) is 0 Å². The molecule has 0 nitrogen and oxygen atoms in total. The zero-order valence-corrected chi connectivity index (χ0v) is 8.04. The molecule has 0 spiro atoms. The second-order valence-electron chi connectivity index (χ2n) is 2.18. The van der Waals surface area contributed by atoms with Gasteiger partial charge in [-0.3, -0.25) is 0 Å². The van der Waals surface area contributed by atoms with Crippen LogP contribution in [0, 0.1) is 6.92 Å². The molecule has 0 radical (unpaired) electrons. The number of aryl methyl sites for hydroxylation is 1. The Morgan fingerprint density at radius 3 is 2.70 bits per heavy atom. The van der Waals surface area contributed by atoms with Gasteiger partial charge in [-0.25, -0.2) is 0 Å². The van der Waals surface area contributed by atoms with Crippen LogP contribution in [-0.4, -0.2) is 0 Å². The summed E-state index contributed by atoms with van der Waals surface area (Å²) in [6, 6.07) is 6.09. The van der Waals surface area contributed by atoms with E-state index in [2.05, 4.69) is 28.9 Å². The topological polar surface area (TPSA) is 0 Å². The van der Waals surface area contributed by atoms with E-state index < -0.39 is 0 Å². The summed E-state index contributed by atoms with van der Waals surface area (Å²) in [5, 5.41) is 0. The number of halogens is 2. The Labute approximate surface area is 74.3 Å². The van der Waals surface area contributed by atoms with Crippen LogP contribution in [0.4, 0.5) is 0 Å². The van der Waals surface area contributed by atoms with E-state index in [1.165, 1.54) is 5.56 Å². The second-order valence-corrected chi connectivity index (χ2v) is 3.24. The lowest BCUT2D eigenvalue weighted by molar-refractivity contribution is 1.31. The zero-order valence-electron chi connectivity index (χ0n) is 5.70. The van der Waals surface area contributed by atoms with Crippen molar-refractivity contribution in [2.45, 2.75) is 12.8 Å². The molecule has 1 aromatic rings. The molecule has 0 bridgehead atoms. The molecule has 0 aliphatic heterocycles. The van der Waals surface area contributed by atoms with Crippen LogP contribution >= 0.6 is 27.5 Å². The van der Waals surface area contributed by atoms with Gasteiger partial charge in [0.2, 0.25) is 0 Å². The minimum absolute atomic E-state index is 0.572. The van der Waals surface area contributed by atoms with Crippen molar-refractivity contribution in [2.24, 2.45) is 0 Å². The number of hydrogen-bond donors (Lipinski definition) is 0. The molecular weight excluding hydrogens is 211 g/mol. The van der Waals surface area contributed by atoms with Gasteiger partial charge in [-0.1, -0.05) is 34.1 Å². The Morgan fingerprint density at radius 2 is 2.20 bits per heavy atom. The maximum Gasteiger partial charge on any atom is 0.0485 e. The molecule has 10 heavy (non-hydrogen) atoms. The highest BCUT2D eigenvalue weighted by Crippen LogP contribution is 2.21. The van der Waals surface area contributed by atoms with Gasteiger partial charge in [-0.15, -0.1) is 11.6 Å². The largest absolute Gasteiger partial charge is 0.122 e. The van der Waals surface area contributed by atoms with Crippen LogP contribution in [0.25, 0.3) is 0 Å². The van der Waals surface area contributed by atoms with E-state index in [0.29, 0.717) is 5.88 Å². The molecule has 0 saturated carbocycles. The van der Waals surface area contributed by atoms with Crippen LogP contribution in [0.3, 0.4) is 0 Å². The first kappa shape index (κ1) is 8.09. The van der Waals surface area contributed by atoms with Crippen LogP contribution in [-0.2, 0) is 5.88 Å². The predicted molar refractivity (Wildman–Crippen MR) is 48.4 cm³/mol. The molecule has 2 heteroatoms. The van der Waals surface area contributed by atoms with Gasteiger partial charge in [0.15, 0.2) is 0 Å². The summed E-state index contributed by atoms with van der Waals surface area (Å²) in [5.41, 5.74) is 2.39. The molecule has 0 saturated heterocycles. The fourth-order valence-corrected chi connectivity index (χ4v) is 1.60. The molecule has 54 valence electrons. The van der Waals surface area contributed by atoms with Gasteiger partial charge in [0.1, 0.15) is 0 Å². The highest BCUT2D eigenvalue weighted by molar-refractivity contribution is 9.10. The second kappa shape index (κ2) is 3.40. The van der Waals surface area contributed by atoms with Crippen LogP contribution < -0.4 is 0 Å². The van der Waals surface area contributed by atoms with E-state index in [0.717, 1.165) is 10.0 Å². The van der Waals surface area contributed by atoms with Gasteiger partial charge < -0.3 is 0 Å². The van der Waals surface area contributed by atoms with Crippen molar-refractivity contribution in [3.05, 3.63) is 33.8 Å². The van der Waals surface area contributed by atoms with Crippen molar-refractivity contribution in [1.82, 2.24) is 0 Å². The van der Waals surface area contributed by atoms with Crippen molar-refractivity contribution in [3.8, 4) is 0 Å². The SMILES string of the molecule is Cc1cccc(CCl)c1Br. The van der Waals surface area contributed by atoms with Crippen molar-refractivity contribution < 1.29 is 0 Å². The quantitative estimate of drug-likeness (QED) is 0.634. The summed E-state index contributed by atoms with van der Waals surface area (Å²) < 4.78 is 1.13. The van der Waals surface area contributed by atoms with Gasteiger partial charge in [0, 0.05) is 10.4 Å². The van der Waals surface area contributed by atoms with Crippen molar-refractivity contribution >= 4 is 27.5 Å². The summed E-state index contributed by atoms with van der Waals surface area (Å²) in [7, 11) is 0. The first-order valence-electron chi connectivity index (χ1n) is 3.05. The summed E-state index contributed by atoms with van der Waals surface area (Å²) in [6.07, 6.45) is 0. The Bertz CT molecular complexity index is 233. The normalized spacial score (nSPS) is 9.90. The lowest BCUT2D eigenvalue weighted by Crippen LogP contribution is -1.82. The first-order valence-corrected chi connectivity index (χ1v) is 4.38. The van der Waals surface area contributed by atoms with Gasteiger partial charge in [-0.05, 0) is 18.1 Å². The summed E-state index contributed by atoms with van der Waals surface area (Å²) in [5.74, 6) is 0.572. The third kappa shape index (κ3) is 1.53. The van der Waals surface area contributed by atoms with E-state index in [-0.39, 0.29) is 0 Å². The minimum atomic E-state index is 0.572. The number of rotatable bonds is 1. The number of hydrogen-bond acceptors (Lipinski definition) is 0. The highest BCUT2D eigenvalue weighted by atomic mass is 79.9. The molecule has 0 heterocycles. The Morgan fingerprint density at radius 1 is 1.50 bits per heavy atom. The highest BCUT2D eigenvalue weighted by Gasteiger charge is 1.98. The number of alkyl halides is 1. The predicted octanol–water partition coefficient (Wildman–Crippen LogP) is 3.50. The maximum absolute atomic E-state index is 5.67. The monoisotopic (exact) mass is 218 g/mol. The van der Waals surface area contributed by atoms with Gasteiger partial charge in [0.05, 0.1) is 0 Å². The molecule has 0 fully saturated rings. The third-order valence-electron chi connectivity index (χ3n) is 1.42. The van der Waals surface area contributed by atoms with Gasteiger partial charge in [-0.2, -0.15) is 0 Å². The number of benzene rings is 1. The minimum Gasteiger partial charge on any atom is -0.122 e. The first-order chi connectivity index (χ1) is 4.75. The molecule has 0 N–H and O–H groups in total. The summed E-state index contributed by atoms with van der Waals surface area (Å²) in [4.78, 5) is 0. The third-order valence-corrected chi connectivity index (χ3v) is 2.84. The van der Waals surface area contributed by atoms with Crippen molar-refractivity contribution in [1.29, 1.82) is 0 Å². The molecule has 0 aliphatic rings. The molecule has 0 aromatic heterocycles. The fourth-order valence-electron chi connectivity index (χ4n) is 0.811. The van der Waals surface area contributed by atoms with Crippen molar-refractivity contribution in [3.63, 3.8) is 0 Å². The van der Waals surface area contributed by atoms with Gasteiger partial charge >= 0.3 is 0 Å². The Hall–Kier alpha value is -0.0100. The van der Waals surface area contributed by atoms with Crippen molar-refractivity contribution in [2.75, 3.05) is 0 Å². The zero-order chi connectivity index (χ0) is 7.56. The van der Waals surface area contributed by atoms with E-state index >= 15 is 0 Å². The van der Waals surface area contributed by atoms with E-state index in [4.69, 9.17) is 11.6 Å². The molecule has 0 aliphatic carbocycles. The molecule has 0 amide bonds. The molecule has 0 atom stereocenters. The van der Waals surface area contributed by atoms with Crippen LogP contribution in [0.5, 0.6) is 0 Å². The molecule has 1 rings (SSSR count). The lowest BCUT2D eigenvalue weighted by atomic mass is 10.2. The van der Waals surface area contributed by atoms with E-state index in [1.807, 2.05) is 12.1 Å². The fraction of sp³-hybridized carbons (Fsp3) is 0.250. The molecule has 0 unspecified atom stereocenters. The Balaban J connectivity index is 3.14. The smallest absolute Gasteiger partial charge is 0.0485 e.